The molecule has 1 aromatic carbocycles. The van der Waals surface area contributed by atoms with E-state index in [1.54, 1.807) is 19.2 Å². The van der Waals surface area contributed by atoms with Crippen LogP contribution in [0.5, 0.6) is 0 Å². The van der Waals surface area contributed by atoms with Gasteiger partial charge >= 0.3 is 0 Å². The van der Waals surface area contributed by atoms with Gasteiger partial charge in [0.25, 0.3) is 0 Å². The number of piperidine rings is 1. The van der Waals surface area contributed by atoms with E-state index in [0.29, 0.717) is 24.7 Å². The first-order valence-electron chi connectivity index (χ1n) is 7.17. The standard InChI is InChI=1S/C15H24N2O3S/c1-10-5-6-17(9-15(10)20-4)21(18,19)13-7-11(2)12(3)14(16)8-13/h7-8,10,15H,5-6,9,16H2,1-4H3. The van der Waals surface area contributed by atoms with Crippen LogP contribution in [0, 0.1) is 19.8 Å². The van der Waals surface area contributed by atoms with Crippen LogP contribution in [0.2, 0.25) is 0 Å². The molecule has 0 saturated carbocycles. The van der Waals surface area contributed by atoms with E-state index in [2.05, 4.69) is 6.92 Å². The Morgan fingerprint density at radius 1 is 1.33 bits per heavy atom. The lowest BCUT2D eigenvalue weighted by Crippen LogP contribution is -2.46. The molecule has 0 aromatic heterocycles. The summed E-state index contributed by atoms with van der Waals surface area (Å²) in [6.45, 7) is 6.78. The quantitative estimate of drug-likeness (QED) is 0.866. The number of nitrogens with two attached hydrogens (primary N) is 1. The molecule has 5 nitrogen and oxygen atoms in total. The Morgan fingerprint density at radius 2 is 2.00 bits per heavy atom. The van der Waals surface area contributed by atoms with Crippen molar-refractivity contribution < 1.29 is 13.2 Å². The van der Waals surface area contributed by atoms with Gasteiger partial charge in [-0.3, -0.25) is 0 Å². The number of methoxy groups -OCH3 is 1. The number of nitrogen functional groups attached to an aromatic ring is 1. The van der Waals surface area contributed by atoms with Gasteiger partial charge in [0.1, 0.15) is 0 Å². The zero-order chi connectivity index (χ0) is 15.8. The summed E-state index contributed by atoms with van der Waals surface area (Å²) in [5.41, 5.74) is 8.25. The fourth-order valence-corrected chi connectivity index (χ4v) is 4.27. The van der Waals surface area contributed by atoms with E-state index in [-0.39, 0.29) is 11.0 Å². The minimum Gasteiger partial charge on any atom is -0.398 e. The van der Waals surface area contributed by atoms with E-state index in [9.17, 15) is 8.42 Å². The second-order valence-electron chi connectivity index (χ2n) is 5.86. The molecule has 2 rings (SSSR count). The van der Waals surface area contributed by atoms with Crippen molar-refractivity contribution in [1.29, 1.82) is 0 Å². The zero-order valence-corrected chi connectivity index (χ0v) is 13.9. The van der Waals surface area contributed by atoms with Crippen LogP contribution < -0.4 is 5.73 Å². The summed E-state index contributed by atoms with van der Waals surface area (Å²) in [7, 11) is -1.89. The number of ether oxygens (including phenoxy) is 1. The maximum Gasteiger partial charge on any atom is 0.243 e. The van der Waals surface area contributed by atoms with Gasteiger partial charge in [-0.15, -0.1) is 0 Å². The number of aryl methyl sites for hydroxylation is 1. The first-order valence-corrected chi connectivity index (χ1v) is 8.61. The third-order valence-corrected chi connectivity index (χ3v) is 6.32. The molecule has 1 saturated heterocycles. The van der Waals surface area contributed by atoms with Crippen molar-refractivity contribution in [3.05, 3.63) is 23.3 Å². The van der Waals surface area contributed by atoms with Gasteiger partial charge in [-0.1, -0.05) is 6.92 Å². The largest absolute Gasteiger partial charge is 0.398 e. The van der Waals surface area contributed by atoms with Crippen molar-refractivity contribution in [2.75, 3.05) is 25.9 Å². The number of rotatable bonds is 3. The monoisotopic (exact) mass is 312 g/mol. The molecule has 0 amide bonds. The lowest BCUT2D eigenvalue weighted by molar-refractivity contribution is 0.0184. The summed E-state index contributed by atoms with van der Waals surface area (Å²) >= 11 is 0. The van der Waals surface area contributed by atoms with Gasteiger partial charge in [-0.2, -0.15) is 4.31 Å². The highest BCUT2D eigenvalue weighted by Gasteiger charge is 2.34. The second kappa shape index (κ2) is 5.94. The van der Waals surface area contributed by atoms with E-state index >= 15 is 0 Å². The Kier molecular flexibility index (Phi) is 4.60. The van der Waals surface area contributed by atoms with Gasteiger partial charge in [-0.05, 0) is 49.4 Å². The SMILES string of the molecule is COC1CN(S(=O)(=O)c2cc(C)c(C)c(N)c2)CCC1C. The Morgan fingerprint density at radius 3 is 2.57 bits per heavy atom. The fourth-order valence-electron chi connectivity index (χ4n) is 2.68. The summed E-state index contributed by atoms with van der Waals surface area (Å²) in [6, 6.07) is 3.25. The van der Waals surface area contributed by atoms with E-state index < -0.39 is 10.0 Å². The predicted octanol–water partition coefficient (Wildman–Crippen LogP) is 1.93. The fraction of sp³-hybridized carbons (Fsp3) is 0.600. The Labute approximate surface area is 127 Å². The van der Waals surface area contributed by atoms with Gasteiger partial charge < -0.3 is 10.5 Å². The Balaban J connectivity index is 2.34. The van der Waals surface area contributed by atoms with Gasteiger partial charge in [0.2, 0.25) is 10.0 Å². The summed E-state index contributed by atoms with van der Waals surface area (Å²) in [5.74, 6) is 0.367. The summed E-state index contributed by atoms with van der Waals surface area (Å²) in [6.07, 6.45) is 0.746. The Bertz CT molecular complexity index is 605. The minimum absolute atomic E-state index is 0.0579. The lowest BCUT2D eigenvalue weighted by Gasteiger charge is -2.35. The van der Waals surface area contributed by atoms with Crippen LogP contribution in [0.25, 0.3) is 0 Å². The third kappa shape index (κ3) is 3.07. The smallest absolute Gasteiger partial charge is 0.243 e. The van der Waals surface area contributed by atoms with Gasteiger partial charge in [-0.25, -0.2) is 8.42 Å². The topological polar surface area (TPSA) is 72.6 Å². The molecule has 118 valence electrons. The molecular formula is C15H24N2O3S. The molecule has 2 atom stereocenters. The average Bonchev–Trinajstić information content (AvgIpc) is 2.44. The van der Waals surface area contributed by atoms with Crippen LogP contribution in [0.3, 0.4) is 0 Å². The van der Waals surface area contributed by atoms with Crippen molar-refractivity contribution in [1.82, 2.24) is 4.31 Å². The molecule has 1 aromatic rings. The number of hydrogen-bond donors (Lipinski definition) is 1. The maximum atomic E-state index is 12.8. The second-order valence-corrected chi connectivity index (χ2v) is 7.80. The van der Waals surface area contributed by atoms with Crippen LogP contribution in [0.15, 0.2) is 17.0 Å². The maximum absolute atomic E-state index is 12.8. The summed E-state index contributed by atoms with van der Waals surface area (Å²) in [4.78, 5) is 0.271. The number of hydrogen-bond acceptors (Lipinski definition) is 4. The highest BCUT2D eigenvalue weighted by molar-refractivity contribution is 7.89. The highest BCUT2D eigenvalue weighted by atomic mass is 32.2. The first kappa shape index (κ1) is 16.3. The molecule has 0 radical (unpaired) electrons. The molecule has 21 heavy (non-hydrogen) atoms. The van der Waals surface area contributed by atoms with Crippen molar-refractivity contribution >= 4 is 15.7 Å². The van der Waals surface area contributed by atoms with Crippen LogP contribution in [-0.2, 0) is 14.8 Å². The van der Waals surface area contributed by atoms with Crippen LogP contribution in [0.4, 0.5) is 5.69 Å². The number of sulfonamides is 1. The van der Waals surface area contributed by atoms with Crippen molar-refractivity contribution in [2.24, 2.45) is 5.92 Å². The summed E-state index contributed by atoms with van der Waals surface area (Å²) in [5, 5.41) is 0. The third-order valence-electron chi connectivity index (χ3n) is 4.47. The first-order chi connectivity index (χ1) is 9.77. The van der Waals surface area contributed by atoms with Crippen molar-refractivity contribution in [2.45, 2.75) is 38.2 Å². The molecule has 0 bridgehead atoms. The molecule has 1 fully saturated rings. The molecule has 6 heteroatoms. The Hall–Kier alpha value is -1.11. The molecular weight excluding hydrogens is 288 g/mol. The van der Waals surface area contributed by atoms with Crippen LogP contribution in [-0.4, -0.2) is 39.0 Å². The number of benzene rings is 1. The van der Waals surface area contributed by atoms with Crippen molar-refractivity contribution in [3.63, 3.8) is 0 Å². The van der Waals surface area contributed by atoms with E-state index in [1.165, 1.54) is 4.31 Å². The minimum atomic E-state index is -3.52. The van der Waals surface area contributed by atoms with Gasteiger partial charge in [0, 0.05) is 25.9 Å². The number of anilines is 1. The molecule has 2 N–H and O–H groups in total. The molecule has 1 heterocycles. The van der Waals surface area contributed by atoms with E-state index in [4.69, 9.17) is 10.5 Å². The average molecular weight is 312 g/mol. The van der Waals surface area contributed by atoms with E-state index in [1.807, 2.05) is 13.8 Å². The molecule has 1 aliphatic rings. The van der Waals surface area contributed by atoms with Crippen LogP contribution in [0.1, 0.15) is 24.5 Å². The normalized spacial score (nSPS) is 24.2. The van der Waals surface area contributed by atoms with E-state index in [0.717, 1.165) is 17.5 Å². The molecule has 0 spiro atoms. The van der Waals surface area contributed by atoms with Crippen molar-refractivity contribution in [3.8, 4) is 0 Å². The molecule has 2 unspecified atom stereocenters. The predicted molar refractivity (Wildman–Crippen MR) is 83.7 cm³/mol. The van der Waals surface area contributed by atoms with Gasteiger partial charge in [0.05, 0.1) is 11.0 Å². The lowest BCUT2D eigenvalue weighted by atomic mass is 9.97. The highest BCUT2D eigenvalue weighted by Crippen LogP contribution is 2.28. The molecule has 0 aliphatic carbocycles. The number of nitrogens with zero attached hydrogens (tertiary/aromatic N) is 1. The van der Waals surface area contributed by atoms with Crippen LogP contribution >= 0.6 is 0 Å². The molecule has 1 aliphatic heterocycles. The summed E-state index contributed by atoms with van der Waals surface area (Å²) < 4.78 is 32.5. The van der Waals surface area contributed by atoms with Gasteiger partial charge in [0.15, 0.2) is 0 Å². The zero-order valence-electron chi connectivity index (χ0n) is 13.1.